The molecule has 2 aromatic rings. The Labute approximate surface area is 123 Å². The molecule has 6 nitrogen and oxygen atoms in total. The first-order valence-corrected chi connectivity index (χ1v) is 6.94. The largest absolute Gasteiger partial charge is 0.493 e. The van der Waals surface area contributed by atoms with E-state index in [2.05, 4.69) is 17.3 Å². The molecule has 0 aliphatic carbocycles. The van der Waals surface area contributed by atoms with Gasteiger partial charge in [0.25, 0.3) is 0 Å². The molecule has 112 valence electrons. The van der Waals surface area contributed by atoms with Crippen molar-refractivity contribution >= 4 is 11.6 Å². The van der Waals surface area contributed by atoms with Crippen LogP contribution in [0.25, 0.3) is 0 Å². The molecule has 0 aliphatic rings. The van der Waals surface area contributed by atoms with Crippen molar-refractivity contribution in [2.24, 2.45) is 5.73 Å². The van der Waals surface area contributed by atoms with Crippen molar-refractivity contribution in [1.29, 1.82) is 0 Å². The van der Waals surface area contributed by atoms with Crippen LogP contribution >= 0.6 is 0 Å². The van der Waals surface area contributed by atoms with E-state index in [1.807, 2.05) is 35.0 Å². The van der Waals surface area contributed by atoms with Crippen LogP contribution < -0.4 is 15.8 Å². The lowest BCUT2D eigenvalue weighted by molar-refractivity contribution is -0.118. The van der Waals surface area contributed by atoms with Gasteiger partial charge in [-0.25, -0.2) is 0 Å². The van der Waals surface area contributed by atoms with Crippen LogP contribution in [0.15, 0.2) is 36.5 Å². The van der Waals surface area contributed by atoms with Crippen LogP contribution in [-0.4, -0.2) is 22.3 Å². The monoisotopic (exact) mass is 288 g/mol. The minimum atomic E-state index is -0.360. The van der Waals surface area contributed by atoms with Crippen molar-refractivity contribution in [2.75, 3.05) is 11.9 Å². The Kier molecular flexibility index (Phi) is 5.20. The van der Waals surface area contributed by atoms with Gasteiger partial charge < -0.3 is 15.8 Å². The molecule has 0 fully saturated rings. The topological polar surface area (TPSA) is 82.2 Å². The summed E-state index contributed by atoms with van der Waals surface area (Å²) in [6.07, 6.45) is 2.02. The highest BCUT2D eigenvalue weighted by Gasteiger charge is 2.01. The average molecular weight is 288 g/mol. The van der Waals surface area contributed by atoms with Gasteiger partial charge in [-0.2, -0.15) is 5.10 Å². The van der Waals surface area contributed by atoms with Gasteiger partial charge in [0.15, 0.2) is 0 Å². The van der Waals surface area contributed by atoms with E-state index >= 15 is 0 Å². The van der Waals surface area contributed by atoms with E-state index in [1.165, 1.54) is 0 Å². The molecule has 3 N–H and O–H groups in total. The van der Waals surface area contributed by atoms with Crippen LogP contribution in [0, 0.1) is 0 Å². The van der Waals surface area contributed by atoms with Gasteiger partial charge in [0, 0.05) is 18.4 Å². The summed E-state index contributed by atoms with van der Waals surface area (Å²) in [5, 5.41) is 7.56. The fourth-order valence-corrected chi connectivity index (χ4v) is 1.93. The second-order valence-electron chi connectivity index (χ2n) is 4.58. The molecule has 0 radical (unpaired) electrons. The van der Waals surface area contributed by atoms with Crippen LogP contribution in [0.5, 0.6) is 5.75 Å². The molecule has 0 saturated heterocycles. The number of nitrogens with two attached hydrogens (primary N) is 1. The zero-order valence-corrected chi connectivity index (χ0v) is 12.1. The highest BCUT2D eigenvalue weighted by Crippen LogP contribution is 2.16. The number of primary amides is 1. The van der Waals surface area contributed by atoms with Gasteiger partial charge in [-0.1, -0.05) is 0 Å². The molecule has 1 aromatic heterocycles. The summed E-state index contributed by atoms with van der Waals surface area (Å²) in [5.41, 5.74) is 7.19. The maximum Gasteiger partial charge on any atom is 0.220 e. The lowest BCUT2D eigenvalue weighted by atomic mass is 10.3. The van der Waals surface area contributed by atoms with Crippen molar-refractivity contribution in [1.82, 2.24) is 9.78 Å². The Morgan fingerprint density at radius 1 is 1.33 bits per heavy atom. The lowest BCUT2D eigenvalue weighted by Crippen LogP contribution is -2.14. The first-order valence-electron chi connectivity index (χ1n) is 6.94. The number of hydrogen-bond acceptors (Lipinski definition) is 4. The molecule has 0 spiro atoms. The fraction of sp³-hybridized carbons (Fsp3) is 0.333. The fourth-order valence-electron chi connectivity index (χ4n) is 1.93. The summed E-state index contributed by atoms with van der Waals surface area (Å²) in [7, 11) is 0. The summed E-state index contributed by atoms with van der Waals surface area (Å²) < 4.78 is 7.37. The second-order valence-corrected chi connectivity index (χ2v) is 4.58. The van der Waals surface area contributed by atoms with E-state index in [0.717, 1.165) is 30.2 Å². The van der Waals surface area contributed by atoms with E-state index in [0.29, 0.717) is 6.61 Å². The van der Waals surface area contributed by atoms with Gasteiger partial charge in [0.2, 0.25) is 5.91 Å². The van der Waals surface area contributed by atoms with Crippen LogP contribution in [0.3, 0.4) is 0 Å². The molecule has 0 aliphatic heterocycles. The Balaban J connectivity index is 1.83. The zero-order valence-electron chi connectivity index (χ0n) is 12.1. The minimum absolute atomic E-state index is 0.223. The molecular formula is C15H20N4O2. The highest BCUT2D eigenvalue weighted by atomic mass is 16.5. The van der Waals surface area contributed by atoms with E-state index in [9.17, 15) is 4.79 Å². The number of carbonyl (C=O) groups is 1. The third kappa shape index (κ3) is 4.52. The maximum atomic E-state index is 10.6. The lowest BCUT2D eigenvalue weighted by Gasteiger charge is -2.09. The Bertz CT molecular complexity index is 578. The maximum absolute atomic E-state index is 10.6. The molecule has 0 saturated carbocycles. The van der Waals surface area contributed by atoms with E-state index in [-0.39, 0.29) is 12.3 Å². The van der Waals surface area contributed by atoms with Gasteiger partial charge in [-0.05, 0) is 37.3 Å². The summed E-state index contributed by atoms with van der Waals surface area (Å²) >= 11 is 0. The van der Waals surface area contributed by atoms with Crippen molar-refractivity contribution in [3.05, 3.63) is 42.2 Å². The molecule has 0 atom stereocenters. The molecule has 21 heavy (non-hydrogen) atoms. The number of hydrogen-bond donors (Lipinski definition) is 2. The highest BCUT2D eigenvalue weighted by molar-refractivity contribution is 5.73. The third-order valence-corrected chi connectivity index (χ3v) is 3.05. The first-order chi connectivity index (χ1) is 10.2. The predicted octanol–water partition coefficient (Wildman–Crippen LogP) is 1.77. The number of aryl methyl sites for hydroxylation is 1. The second kappa shape index (κ2) is 7.33. The molecular weight excluding hydrogens is 268 g/mol. The predicted molar refractivity (Wildman–Crippen MR) is 81.0 cm³/mol. The zero-order chi connectivity index (χ0) is 15.1. The Morgan fingerprint density at radius 2 is 2.10 bits per heavy atom. The summed E-state index contributed by atoms with van der Waals surface area (Å²) in [6, 6.07) is 9.59. The van der Waals surface area contributed by atoms with E-state index < -0.39 is 0 Å². The summed E-state index contributed by atoms with van der Waals surface area (Å²) in [4.78, 5) is 10.6. The number of ether oxygens (including phenoxy) is 1. The van der Waals surface area contributed by atoms with Crippen molar-refractivity contribution in [2.45, 2.75) is 26.4 Å². The molecule has 1 aromatic carbocycles. The van der Waals surface area contributed by atoms with Gasteiger partial charge in [-0.15, -0.1) is 0 Å². The number of aromatic nitrogens is 2. The SMILES string of the molecule is CCn1nccc1CNc1ccc(OCCC(N)=O)cc1. The van der Waals surface area contributed by atoms with E-state index in [4.69, 9.17) is 10.5 Å². The number of nitrogens with one attached hydrogen (secondary N) is 1. The van der Waals surface area contributed by atoms with Crippen molar-refractivity contribution in [3.63, 3.8) is 0 Å². The summed E-state index contributed by atoms with van der Waals surface area (Å²) in [6.45, 7) is 3.94. The summed E-state index contributed by atoms with van der Waals surface area (Å²) in [5.74, 6) is 0.362. The smallest absolute Gasteiger partial charge is 0.220 e. The van der Waals surface area contributed by atoms with Gasteiger partial charge in [-0.3, -0.25) is 9.48 Å². The molecule has 6 heteroatoms. The number of anilines is 1. The van der Waals surface area contributed by atoms with Gasteiger partial charge in [0.1, 0.15) is 5.75 Å². The normalized spacial score (nSPS) is 10.3. The minimum Gasteiger partial charge on any atom is -0.493 e. The standard InChI is InChI=1S/C15H20N4O2/c1-2-19-13(7-9-18-19)11-17-12-3-5-14(6-4-12)21-10-8-15(16)20/h3-7,9,17H,2,8,10-11H2,1H3,(H2,16,20). The quantitative estimate of drug-likeness (QED) is 0.775. The van der Waals surface area contributed by atoms with Crippen LogP contribution in [-0.2, 0) is 17.9 Å². The van der Waals surface area contributed by atoms with Gasteiger partial charge in [0.05, 0.1) is 25.3 Å². The average Bonchev–Trinajstić information content (AvgIpc) is 2.93. The number of carbonyl (C=O) groups excluding carboxylic acids is 1. The van der Waals surface area contributed by atoms with Crippen molar-refractivity contribution in [3.8, 4) is 5.75 Å². The van der Waals surface area contributed by atoms with Crippen molar-refractivity contribution < 1.29 is 9.53 Å². The Hall–Kier alpha value is -2.50. The third-order valence-electron chi connectivity index (χ3n) is 3.05. The molecule has 1 heterocycles. The number of rotatable bonds is 8. The molecule has 0 unspecified atom stereocenters. The van der Waals surface area contributed by atoms with Crippen LogP contribution in [0.1, 0.15) is 19.0 Å². The first kappa shape index (κ1) is 14.9. The van der Waals surface area contributed by atoms with Crippen LogP contribution in [0.4, 0.5) is 5.69 Å². The molecule has 0 bridgehead atoms. The van der Waals surface area contributed by atoms with Crippen LogP contribution in [0.2, 0.25) is 0 Å². The van der Waals surface area contributed by atoms with E-state index in [1.54, 1.807) is 6.20 Å². The number of nitrogens with zero attached hydrogens (tertiary/aromatic N) is 2. The Morgan fingerprint density at radius 3 is 2.76 bits per heavy atom. The van der Waals surface area contributed by atoms with Gasteiger partial charge >= 0.3 is 0 Å². The number of benzene rings is 1. The number of amides is 1. The molecule has 1 amide bonds. The molecule has 2 rings (SSSR count).